The van der Waals surface area contributed by atoms with Gasteiger partial charge in [0.05, 0.1) is 0 Å². The number of hydrogen-bond acceptors (Lipinski definition) is 4. The van der Waals surface area contributed by atoms with Crippen LogP contribution in [0.15, 0.2) is 6.33 Å². The molecule has 1 aromatic rings. The molecule has 2 aliphatic carbocycles. The summed E-state index contributed by atoms with van der Waals surface area (Å²) in [6, 6.07) is 2.16. The largest absolute Gasteiger partial charge is 0.352 e. The minimum absolute atomic E-state index is 0.0383. The van der Waals surface area contributed by atoms with Crippen LogP contribution in [0.25, 0.3) is 0 Å². The fraction of sp³-hybridized carbons (Fsp3) is 0.733. The molecular formula is C15H21N5O. The Morgan fingerprint density at radius 3 is 2.90 bits per heavy atom. The van der Waals surface area contributed by atoms with Crippen molar-refractivity contribution in [2.45, 2.75) is 57.5 Å². The van der Waals surface area contributed by atoms with Crippen LogP contribution in [0.2, 0.25) is 0 Å². The van der Waals surface area contributed by atoms with Gasteiger partial charge in [0.25, 0.3) is 5.82 Å². The third-order valence-corrected chi connectivity index (χ3v) is 4.85. The summed E-state index contributed by atoms with van der Waals surface area (Å²) in [5.41, 5.74) is 0. The predicted octanol–water partition coefficient (Wildman–Crippen LogP) is 1.62. The third kappa shape index (κ3) is 3.41. The molecule has 6 heteroatoms. The minimum Gasteiger partial charge on any atom is -0.352 e. The van der Waals surface area contributed by atoms with Crippen molar-refractivity contribution in [3.05, 3.63) is 12.2 Å². The number of aromatic nitrogens is 3. The lowest BCUT2D eigenvalue weighted by molar-refractivity contribution is -0.123. The molecule has 1 aromatic heterocycles. The highest BCUT2D eigenvalue weighted by atomic mass is 16.2. The maximum Gasteiger partial charge on any atom is 0.252 e. The number of nitriles is 1. The summed E-state index contributed by atoms with van der Waals surface area (Å²) >= 11 is 0. The summed E-state index contributed by atoms with van der Waals surface area (Å²) in [7, 11) is 0. The van der Waals surface area contributed by atoms with Gasteiger partial charge in [0.15, 0.2) is 0 Å². The van der Waals surface area contributed by atoms with Gasteiger partial charge in [-0.25, -0.2) is 9.67 Å². The number of nitrogens with zero attached hydrogens (tertiary/aromatic N) is 4. The number of carbonyl (C=O) groups excluding carboxylic acids is 1. The number of amides is 1. The summed E-state index contributed by atoms with van der Waals surface area (Å²) in [4.78, 5) is 15.9. The van der Waals surface area contributed by atoms with E-state index in [4.69, 9.17) is 5.26 Å². The Hall–Kier alpha value is -1.90. The smallest absolute Gasteiger partial charge is 0.252 e. The molecule has 0 bridgehead atoms. The molecule has 3 atom stereocenters. The second-order valence-corrected chi connectivity index (χ2v) is 6.26. The van der Waals surface area contributed by atoms with Crippen LogP contribution < -0.4 is 5.32 Å². The van der Waals surface area contributed by atoms with Crippen LogP contribution in [-0.4, -0.2) is 26.7 Å². The maximum absolute atomic E-state index is 12.1. The molecule has 2 fully saturated rings. The van der Waals surface area contributed by atoms with Crippen LogP contribution >= 0.6 is 0 Å². The Kier molecular flexibility index (Phi) is 4.18. The van der Waals surface area contributed by atoms with E-state index in [-0.39, 0.29) is 18.3 Å². The highest BCUT2D eigenvalue weighted by molar-refractivity contribution is 5.75. The number of carbonyl (C=O) groups is 1. The first-order valence-electron chi connectivity index (χ1n) is 7.83. The molecule has 0 radical (unpaired) electrons. The monoisotopic (exact) mass is 287 g/mol. The summed E-state index contributed by atoms with van der Waals surface area (Å²) < 4.78 is 1.42. The van der Waals surface area contributed by atoms with Crippen molar-refractivity contribution in [1.82, 2.24) is 20.1 Å². The second-order valence-electron chi connectivity index (χ2n) is 6.26. The van der Waals surface area contributed by atoms with E-state index in [0.29, 0.717) is 6.04 Å². The van der Waals surface area contributed by atoms with Crippen molar-refractivity contribution in [1.29, 1.82) is 5.26 Å². The molecule has 3 rings (SSSR count). The van der Waals surface area contributed by atoms with Gasteiger partial charge in [0.2, 0.25) is 5.91 Å². The molecule has 1 N–H and O–H groups in total. The Labute approximate surface area is 124 Å². The van der Waals surface area contributed by atoms with E-state index in [1.165, 1.54) is 43.1 Å². The zero-order valence-corrected chi connectivity index (χ0v) is 12.2. The number of hydrogen-bond donors (Lipinski definition) is 1. The predicted molar refractivity (Wildman–Crippen MR) is 76.0 cm³/mol. The standard InChI is InChI=1S/C15H21N5O/c16-8-14-17-10-20(19-14)9-15(21)18-13-6-5-11-3-1-2-4-12(11)7-13/h10-13H,1-7,9H2,(H,18,21). The second kappa shape index (κ2) is 6.25. The van der Waals surface area contributed by atoms with E-state index in [1.807, 2.05) is 6.07 Å². The van der Waals surface area contributed by atoms with Crippen molar-refractivity contribution in [3.63, 3.8) is 0 Å². The summed E-state index contributed by atoms with van der Waals surface area (Å²) in [6.45, 7) is 0.138. The van der Waals surface area contributed by atoms with Crippen LogP contribution in [0.1, 0.15) is 50.8 Å². The van der Waals surface area contributed by atoms with Gasteiger partial charge < -0.3 is 5.32 Å². The summed E-state index contributed by atoms with van der Waals surface area (Å²) in [5.74, 6) is 1.75. The summed E-state index contributed by atoms with van der Waals surface area (Å²) in [6.07, 6.45) is 10.3. The van der Waals surface area contributed by atoms with E-state index in [2.05, 4.69) is 15.4 Å². The quantitative estimate of drug-likeness (QED) is 0.915. The van der Waals surface area contributed by atoms with Gasteiger partial charge in [-0.1, -0.05) is 25.7 Å². The molecule has 0 spiro atoms. The molecule has 2 aliphatic rings. The fourth-order valence-corrected chi connectivity index (χ4v) is 3.85. The zero-order valence-electron chi connectivity index (χ0n) is 12.2. The lowest BCUT2D eigenvalue weighted by Gasteiger charge is -2.39. The van der Waals surface area contributed by atoms with Gasteiger partial charge in [-0.15, -0.1) is 5.10 Å². The molecule has 6 nitrogen and oxygen atoms in total. The van der Waals surface area contributed by atoms with Gasteiger partial charge >= 0.3 is 0 Å². The lowest BCUT2D eigenvalue weighted by atomic mass is 9.69. The van der Waals surface area contributed by atoms with Gasteiger partial charge in [-0.05, 0) is 31.1 Å². The SMILES string of the molecule is N#Cc1ncn(CC(=O)NC2CCC3CCCCC3C2)n1. The third-order valence-electron chi connectivity index (χ3n) is 4.85. The van der Waals surface area contributed by atoms with Crippen LogP contribution in [0.3, 0.4) is 0 Å². The highest BCUT2D eigenvalue weighted by Gasteiger charge is 2.32. The van der Waals surface area contributed by atoms with Crippen molar-refractivity contribution < 1.29 is 4.79 Å². The molecule has 0 aromatic carbocycles. The lowest BCUT2D eigenvalue weighted by Crippen LogP contribution is -2.42. The van der Waals surface area contributed by atoms with Gasteiger partial charge in [-0.2, -0.15) is 5.26 Å². The van der Waals surface area contributed by atoms with Crippen molar-refractivity contribution >= 4 is 5.91 Å². The fourth-order valence-electron chi connectivity index (χ4n) is 3.85. The average molecular weight is 287 g/mol. The van der Waals surface area contributed by atoms with E-state index < -0.39 is 0 Å². The van der Waals surface area contributed by atoms with Crippen molar-refractivity contribution in [2.24, 2.45) is 11.8 Å². The topological polar surface area (TPSA) is 83.6 Å². The Balaban J connectivity index is 1.49. The maximum atomic E-state index is 12.1. The Bertz CT molecular complexity index is 547. The first-order chi connectivity index (χ1) is 10.2. The number of nitrogens with one attached hydrogen (secondary N) is 1. The van der Waals surface area contributed by atoms with Crippen molar-refractivity contribution in [3.8, 4) is 6.07 Å². The number of fused-ring (bicyclic) bond motifs is 1. The van der Waals surface area contributed by atoms with E-state index in [9.17, 15) is 4.79 Å². The molecule has 21 heavy (non-hydrogen) atoms. The number of rotatable bonds is 3. The van der Waals surface area contributed by atoms with E-state index in [1.54, 1.807) is 0 Å². The van der Waals surface area contributed by atoms with Crippen LogP contribution in [-0.2, 0) is 11.3 Å². The molecule has 1 heterocycles. The molecule has 3 unspecified atom stereocenters. The Morgan fingerprint density at radius 2 is 2.14 bits per heavy atom. The normalized spacial score (nSPS) is 28.4. The summed E-state index contributed by atoms with van der Waals surface area (Å²) in [5, 5.41) is 15.7. The van der Waals surface area contributed by atoms with Crippen LogP contribution in [0.4, 0.5) is 0 Å². The first-order valence-corrected chi connectivity index (χ1v) is 7.83. The van der Waals surface area contributed by atoms with Gasteiger partial charge in [-0.3, -0.25) is 4.79 Å². The van der Waals surface area contributed by atoms with Crippen LogP contribution in [0, 0.1) is 23.2 Å². The first kappa shape index (κ1) is 14.1. The Morgan fingerprint density at radius 1 is 1.33 bits per heavy atom. The molecule has 1 amide bonds. The molecule has 2 saturated carbocycles. The zero-order chi connectivity index (χ0) is 14.7. The molecule has 0 saturated heterocycles. The van der Waals surface area contributed by atoms with E-state index in [0.717, 1.165) is 24.7 Å². The van der Waals surface area contributed by atoms with Gasteiger partial charge in [0.1, 0.15) is 18.9 Å². The van der Waals surface area contributed by atoms with Crippen molar-refractivity contribution in [2.75, 3.05) is 0 Å². The molecule has 112 valence electrons. The minimum atomic E-state index is -0.0383. The van der Waals surface area contributed by atoms with Crippen LogP contribution in [0.5, 0.6) is 0 Å². The average Bonchev–Trinajstić information content (AvgIpc) is 2.94. The van der Waals surface area contributed by atoms with E-state index >= 15 is 0 Å². The van der Waals surface area contributed by atoms with Gasteiger partial charge in [0, 0.05) is 6.04 Å². The highest BCUT2D eigenvalue weighted by Crippen LogP contribution is 2.40. The molecular weight excluding hydrogens is 266 g/mol. The molecule has 0 aliphatic heterocycles.